The Hall–Kier alpha value is -2.64. The highest BCUT2D eigenvalue weighted by Crippen LogP contribution is 2.35. The van der Waals surface area contributed by atoms with Gasteiger partial charge in [0.1, 0.15) is 0 Å². The fourth-order valence-electron chi connectivity index (χ4n) is 2.01. The zero-order chi connectivity index (χ0) is 16.7. The summed E-state index contributed by atoms with van der Waals surface area (Å²) in [4.78, 5) is 23.0. The standard InChI is InChI=1S/C14H11F3N2O3/c1-7-4-3-5-9(14(15,16)17)12(7)19-6-10(21)13(22)11(18-19)8(2)20/h3-6,21H,1-2H3. The molecule has 0 saturated heterocycles. The van der Waals surface area contributed by atoms with E-state index in [1.165, 1.54) is 19.1 Å². The van der Waals surface area contributed by atoms with E-state index in [1.807, 2.05) is 0 Å². The van der Waals surface area contributed by atoms with Gasteiger partial charge in [0.2, 0.25) is 0 Å². The molecule has 0 atom stereocenters. The Labute approximate surface area is 122 Å². The van der Waals surface area contributed by atoms with Gasteiger partial charge in [-0.3, -0.25) is 9.59 Å². The smallest absolute Gasteiger partial charge is 0.418 e. The van der Waals surface area contributed by atoms with Crippen LogP contribution in [0.5, 0.6) is 5.75 Å². The van der Waals surface area contributed by atoms with Gasteiger partial charge in [0.15, 0.2) is 17.2 Å². The lowest BCUT2D eigenvalue weighted by Gasteiger charge is -2.17. The molecule has 5 nitrogen and oxygen atoms in total. The molecule has 0 aliphatic carbocycles. The molecule has 0 spiro atoms. The Bertz CT molecular complexity index is 810. The lowest BCUT2D eigenvalue weighted by atomic mass is 10.1. The predicted molar refractivity (Wildman–Crippen MR) is 71.2 cm³/mol. The van der Waals surface area contributed by atoms with Crippen LogP contribution in [0.25, 0.3) is 5.69 Å². The van der Waals surface area contributed by atoms with E-state index in [0.717, 1.165) is 19.2 Å². The number of aromatic nitrogens is 2. The van der Waals surface area contributed by atoms with Crippen LogP contribution in [-0.4, -0.2) is 20.7 Å². The van der Waals surface area contributed by atoms with Crippen molar-refractivity contribution in [2.45, 2.75) is 20.0 Å². The molecule has 1 N–H and O–H groups in total. The van der Waals surface area contributed by atoms with E-state index >= 15 is 0 Å². The molecule has 1 heterocycles. The van der Waals surface area contributed by atoms with Crippen molar-refractivity contribution >= 4 is 5.78 Å². The molecule has 0 fully saturated rings. The van der Waals surface area contributed by atoms with Crippen molar-refractivity contribution in [2.24, 2.45) is 0 Å². The van der Waals surface area contributed by atoms with Gasteiger partial charge in [-0.1, -0.05) is 12.1 Å². The maximum atomic E-state index is 13.1. The molecule has 116 valence electrons. The first-order valence-electron chi connectivity index (χ1n) is 6.14. The second kappa shape index (κ2) is 5.28. The highest BCUT2D eigenvalue weighted by atomic mass is 19.4. The van der Waals surface area contributed by atoms with Gasteiger partial charge in [-0.2, -0.15) is 18.3 Å². The van der Waals surface area contributed by atoms with Gasteiger partial charge in [0.25, 0.3) is 5.43 Å². The lowest BCUT2D eigenvalue weighted by Crippen LogP contribution is -2.22. The Morgan fingerprint density at radius 2 is 1.95 bits per heavy atom. The number of aromatic hydroxyl groups is 1. The van der Waals surface area contributed by atoms with E-state index in [9.17, 15) is 27.9 Å². The highest BCUT2D eigenvalue weighted by molar-refractivity contribution is 5.92. The van der Waals surface area contributed by atoms with Gasteiger partial charge in [-0.25, -0.2) is 4.68 Å². The minimum absolute atomic E-state index is 0.222. The van der Waals surface area contributed by atoms with E-state index in [4.69, 9.17) is 0 Å². The topological polar surface area (TPSA) is 72.2 Å². The van der Waals surface area contributed by atoms with Crippen LogP contribution in [0.3, 0.4) is 0 Å². The molecule has 2 aromatic rings. The number of Topliss-reactive ketones (excluding diaryl/α,β-unsaturated/α-hetero) is 1. The van der Waals surface area contributed by atoms with E-state index in [-0.39, 0.29) is 11.3 Å². The summed E-state index contributed by atoms with van der Waals surface area (Å²) in [6.07, 6.45) is -3.90. The normalized spacial score (nSPS) is 11.5. The van der Waals surface area contributed by atoms with Crippen LogP contribution in [0.2, 0.25) is 0 Å². The Morgan fingerprint density at radius 3 is 2.50 bits per heavy atom. The minimum atomic E-state index is -4.65. The second-order valence-corrected chi connectivity index (χ2v) is 4.66. The predicted octanol–water partition coefficient (Wildman–Crippen LogP) is 2.47. The summed E-state index contributed by atoms with van der Waals surface area (Å²) < 4.78 is 40.1. The Morgan fingerprint density at radius 1 is 1.32 bits per heavy atom. The van der Waals surface area contributed by atoms with Crippen LogP contribution in [0, 0.1) is 6.92 Å². The molecule has 0 amide bonds. The van der Waals surface area contributed by atoms with Gasteiger partial charge in [0, 0.05) is 6.92 Å². The second-order valence-electron chi connectivity index (χ2n) is 4.66. The first kappa shape index (κ1) is 15.7. The lowest BCUT2D eigenvalue weighted by molar-refractivity contribution is -0.137. The number of halogens is 3. The number of hydrogen-bond acceptors (Lipinski definition) is 4. The summed E-state index contributed by atoms with van der Waals surface area (Å²) in [5.74, 6) is -1.60. The molecule has 2 rings (SSSR count). The monoisotopic (exact) mass is 312 g/mol. The third-order valence-corrected chi connectivity index (χ3v) is 3.01. The number of carbonyl (C=O) groups excluding carboxylic acids is 1. The summed E-state index contributed by atoms with van der Waals surface area (Å²) in [5, 5.41) is 13.2. The zero-order valence-electron chi connectivity index (χ0n) is 11.6. The SMILES string of the molecule is CC(=O)c1nn(-c2c(C)cccc2C(F)(F)F)cc(O)c1=O. The number of alkyl halides is 3. The molecule has 8 heteroatoms. The van der Waals surface area contributed by atoms with E-state index in [2.05, 4.69) is 5.10 Å². The fourth-order valence-corrected chi connectivity index (χ4v) is 2.01. The van der Waals surface area contributed by atoms with Crippen molar-refractivity contribution in [3.8, 4) is 11.4 Å². The number of nitrogens with zero attached hydrogens (tertiary/aromatic N) is 2. The van der Waals surface area contributed by atoms with E-state index < -0.39 is 34.4 Å². The highest BCUT2D eigenvalue weighted by Gasteiger charge is 2.35. The van der Waals surface area contributed by atoms with Crippen LogP contribution in [0.4, 0.5) is 13.2 Å². The molecule has 0 unspecified atom stereocenters. The van der Waals surface area contributed by atoms with Gasteiger partial charge >= 0.3 is 6.18 Å². The zero-order valence-corrected chi connectivity index (χ0v) is 11.6. The molecule has 22 heavy (non-hydrogen) atoms. The van der Waals surface area contributed by atoms with E-state index in [0.29, 0.717) is 4.68 Å². The number of hydrogen-bond donors (Lipinski definition) is 1. The maximum absolute atomic E-state index is 13.1. The summed E-state index contributed by atoms with van der Waals surface area (Å²) >= 11 is 0. The average molecular weight is 312 g/mol. The number of benzene rings is 1. The summed E-state index contributed by atoms with van der Waals surface area (Å²) in [5.41, 5.74) is -2.77. The molecule has 0 aliphatic rings. The fraction of sp³-hybridized carbons (Fsp3) is 0.214. The quantitative estimate of drug-likeness (QED) is 0.865. The summed E-state index contributed by atoms with van der Waals surface area (Å²) in [7, 11) is 0. The van der Waals surface area contributed by atoms with Crippen molar-refractivity contribution in [3.63, 3.8) is 0 Å². The third kappa shape index (κ3) is 2.72. The van der Waals surface area contributed by atoms with Gasteiger partial charge < -0.3 is 5.11 Å². The minimum Gasteiger partial charge on any atom is -0.503 e. The van der Waals surface area contributed by atoms with Gasteiger partial charge in [-0.05, 0) is 18.6 Å². The van der Waals surface area contributed by atoms with Crippen molar-refractivity contribution in [3.05, 3.63) is 51.4 Å². The summed E-state index contributed by atoms with van der Waals surface area (Å²) in [6.45, 7) is 2.46. The largest absolute Gasteiger partial charge is 0.503 e. The molecule has 0 saturated carbocycles. The van der Waals surface area contributed by atoms with Gasteiger partial charge in [0.05, 0.1) is 17.4 Å². The molecule has 0 bridgehead atoms. The van der Waals surface area contributed by atoms with Gasteiger partial charge in [-0.15, -0.1) is 0 Å². The van der Waals surface area contributed by atoms with Crippen molar-refractivity contribution < 1.29 is 23.1 Å². The van der Waals surface area contributed by atoms with Crippen LogP contribution >= 0.6 is 0 Å². The van der Waals surface area contributed by atoms with Crippen molar-refractivity contribution in [1.82, 2.24) is 9.78 Å². The number of aryl methyl sites for hydroxylation is 1. The average Bonchev–Trinajstić information content (AvgIpc) is 2.40. The van der Waals surface area contributed by atoms with E-state index in [1.54, 1.807) is 0 Å². The van der Waals surface area contributed by atoms with Crippen LogP contribution in [0.1, 0.15) is 28.5 Å². The Balaban J connectivity index is 2.84. The van der Waals surface area contributed by atoms with Crippen LogP contribution in [0.15, 0.2) is 29.2 Å². The third-order valence-electron chi connectivity index (χ3n) is 3.01. The summed E-state index contributed by atoms with van der Waals surface area (Å²) in [6, 6.07) is 3.51. The number of para-hydroxylation sites is 1. The number of ketones is 1. The molecule has 0 radical (unpaired) electrons. The molecular weight excluding hydrogens is 301 g/mol. The van der Waals surface area contributed by atoms with Crippen LogP contribution in [-0.2, 0) is 6.18 Å². The number of carbonyl (C=O) groups is 1. The Kier molecular flexibility index (Phi) is 3.78. The molecule has 1 aromatic carbocycles. The first-order chi connectivity index (χ1) is 10.1. The van der Waals surface area contributed by atoms with Crippen molar-refractivity contribution in [1.29, 1.82) is 0 Å². The van der Waals surface area contributed by atoms with Crippen molar-refractivity contribution in [2.75, 3.05) is 0 Å². The molecular formula is C14H11F3N2O3. The number of rotatable bonds is 2. The maximum Gasteiger partial charge on any atom is 0.418 e. The van der Waals surface area contributed by atoms with Crippen LogP contribution < -0.4 is 5.43 Å². The first-order valence-corrected chi connectivity index (χ1v) is 6.14. The molecule has 0 aliphatic heterocycles. The molecule has 1 aromatic heterocycles.